The molecule has 1 amide bonds. The zero-order valence-electron chi connectivity index (χ0n) is 11.5. The number of aliphatic hydroxyl groups excluding tert-OH is 1. The summed E-state index contributed by atoms with van der Waals surface area (Å²) < 4.78 is 0. The Balaban J connectivity index is 2.27. The van der Waals surface area contributed by atoms with Crippen LogP contribution in [0.15, 0.2) is 18.2 Å². The molecule has 1 saturated heterocycles. The lowest BCUT2D eigenvalue weighted by molar-refractivity contribution is -0.385. The van der Waals surface area contributed by atoms with Crippen molar-refractivity contribution in [3.63, 3.8) is 0 Å². The van der Waals surface area contributed by atoms with Gasteiger partial charge < -0.3 is 10.0 Å². The number of likely N-dealkylation sites (tertiary alicyclic amines) is 1. The monoisotopic (exact) mass is 312 g/mol. The van der Waals surface area contributed by atoms with Crippen LogP contribution in [0.25, 0.3) is 0 Å². The van der Waals surface area contributed by atoms with Crippen LogP contribution in [0.1, 0.15) is 36.0 Å². The van der Waals surface area contributed by atoms with Gasteiger partial charge in [-0.25, -0.2) is 0 Å². The molecule has 0 radical (unpaired) electrons. The highest BCUT2D eigenvalue weighted by Gasteiger charge is 2.33. The highest BCUT2D eigenvalue weighted by molar-refractivity contribution is 6.33. The summed E-state index contributed by atoms with van der Waals surface area (Å²) in [6, 6.07) is 4.42. The number of nitro benzene ring substituents is 1. The molecule has 1 aliphatic rings. The van der Waals surface area contributed by atoms with Crippen molar-refractivity contribution in [3.05, 3.63) is 38.9 Å². The Morgan fingerprint density at radius 1 is 1.52 bits per heavy atom. The molecule has 0 aliphatic carbocycles. The lowest BCUT2D eigenvalue weighted by Crippen LogP contribution is -2.36. The van der Waals surface area contributed by atoms with Crippen molar-refractivity contribution in [2.45, 2.75) is 31.7 Å². The molecule has 1 heterocycles. The number of halogens is 1. The maximum absolute atomic E-state index is 12.6. The topological polar surface area (TPSA) is 83.7 Å². The fourth-order valence-electron chi connectivity index (χ4n) is 2.76. The number of para-hydroxylation sites is 1. The number of amides is 1. The van der Waals surface area contributed by atoms with Gasteiger partial charge >= 0.3 is 5.69 Å². The molecule has 7 heteroatoms. The van der Waals surface area contributed by atoms with Gasteiger partial charge in [-0.1, -0.05) is 17.7 Å². The Morgan fingerprint density at radius 2 is 2.29 bits per heavy atom. The SMILES string of the molecule is O=C(c1cccc(Cl)c1[N+](=O)[O-])N1CCCC1CCCO. The van der Waals surface area contributed by atoms with E-state index in [-0.39, 0.29) is 34.8 Å². The van der Waals surface area contributed by atoms with E-state index in [4.69, 9.17) is 16.7 Å². The van der Waals surface area contributed by atoms with Crippen LogP contribution in [-0.4, -0.2) is 40.0 Å². The average Bonchev–Trinajstić information content (AvgIpc) is 2.91. The van der Waals surface area contributed by atoms with Gasteiger partial charge in [0, 0.05) is 19.2 Å². The molecular weight excluding hydrogens is 296 g/mol. The van der Waals surface area contributed by atoms with E-state index in [0.717, 1.165) is 12.8 Å². The number of aliphatic hydroxyl groups is 1. The molecule has 0 bridgehead atoms. The minimum Gasteiger partial charge on any atom is -0.396 e. The number of hydrogen-bond acceptors (Lipinski definition) is 4. The molecule has 1 atom stereocenters. The summed E-state index contributed by atoms with van der Waals surface area (Å²) in [5, 5.41) is 20.0. The van der Waals surface area contributed by atoms with Gasteiger partial charge in [-0.2, -0.15) is 0 Å². The maximum Gasteiger partial charge on any atom is 0.300 e. The first-order chi connectivity index (χ1) is 10.1. The van der Waals surface area contributed by atoms with Crippen molar-refractivity contribution in [2.24, 2.45) is 0 Å². The molecule has 1 aromatic carbocycles. The number of nitrogens with zero attached hydrogens (tertiary/aromatic N) is 2. The minimum absolute atomic E-state index is 0.0306. The molecule has 1 aromatic rings. The van der Waals surface area contributed by atoms with Crippen LogP contribution < -0.4 is 0 Å². The Kier molecular flexibility index (Phi) is 5.14. The Labute approximate surface area is 127 Å². The summed E-state index contributed by atoms with van der Waals surface area (Å²) in [6.45, 7) is 0.661. The summed E-state index contributed by atoms with van der Waals surface area (Å²) in [7, 11) is 0. The second-order valence-electron chi connectivity index (χ2n) is 5.05. The normalized spacial score (nSPS) is 18.0. The van der Waals surface area contributed by atoms with Gasteiger partial charge in [0.15, 0.2) is 0 Å². The highest BCUT2D eigenvalue weighted by atomic mass is 35.5. The Bertz CT molecular complexity index is 550. The fourth-order valence-corrected chi connectivity index (χ4v) is 3.00. The first-order valence-corrected chi connectivity index (χ1v) is 7.28. The second kappa shape index (κ2) is 6.87. The van der Waals surface area contributed by atoms with Gasteiger partial charge in [0.2, 0.25) is 0 Å². The van der Waals surface area contributed by atoms with Crippen molar-refractivity contribution in [1.29, 1.82) is 0 Å². The Hall–Kier alpha value is -1.66. The highest BCUT2D eigenvalue weighted by Crippen LogP contribution is 2.31. The van der Waals surface area contributed by atoms with E-state index >= 15 is 0 Å². The predicted molar refractivity (Wildman–Crippen MR) is 78.5 cm³/mol. The lowest BCUT2D eigenvalue weighted by Gasteiger charge is -2.24. The van der Waals surface area contributed by atoms with E-state index < -0.39 is 4.92 Å². The van der Waals surface area contributed by atoms with Crippen molar-refractivity contribution < 1.29 is 14.8 Å². The number of nitro groups is 1. The molecule has 0 saturated carbocycles. The smallest absolute Gasteiger partial charge is 0.300 e. The van der Waals surface area contributed by atoms with E-state index in [1.165, 1.54) is 12.1 Å². The fraction of sp³-hybridized carbons (Fsp3) is 0.500. The molecule has 1 unspecified atom stereocenters. The van der Waals surface area contributed by atoms with Crippen molar-refractivity contribution in [3.8, 4) is 0 Å². The molecule has 1 fully saturated rings. The number of carbonyl (C=O) groups excluding carboxylic acids is 1. The van der Waals surface area contributed by atoms with Gasteiger partial charge in [-0.05, 0) is 37.8 Å². The van der Waals surface area contributed by atoms with Gasteiger partial charge in [0.25, 0.3) is 5.91 Å². The quantitative estimate of drug-likeness (QED) is 0.669. The van der Waals surface area contributed by atoms with Crippen LogP contribution in [0.3, 0.4) is 0 Å². The van der Waals surface area contributed by atoms with Gasteiger partial charge in [-0.15, -0.1) is 0 Å². The zero-order valence-corrected chi connectivity index (χ0v) is 12.3. The summed E-state index contributed by atoms with van der Waals surface area (Å²) in [5.74, 6) is -0.357. The third kappa shape index (κ3) is 3.33. The van der Waals surface area contributed by atoms with E-state index in [0.29, 0.717) is 19.4 Å². The molecule has 1 aliphatic heterocycles. The number of rotatable bonds is 5. The third-order valence-electron chi connectivity index (χ3n) is 3.73. The molecule has 0 aromatic heterocycles. The zero-order chi connectivity index (χ0) is 15.4. The van der Waals surface area contributed by atoms with Crippen molar-refractivity contribution in [1.82, 2.24) is 4.90 Å². The summed E-state index contributed by atoms with van der Waals surface area (Å²) in [5.41, 5.74) is -0.305. The maximum atomic E-state index is 12.6. The molecule has 1 N–H and O–H groups in total. The molecule has 6 nitrogen and oxygen atoms in total. The van der Waals surface area contributed by atoms with Crippen LogP contribution in [0.5, 0.6) is 0 Å². The number of benzene rings is 1. The first-order valence-electron chi connectivity index (χ1n) is 6.91. The minimum atomic E-state index is -0.617. The van der Waals surface area contributed by atoms with Crippen LogP contribution in [0, 0.1) is 10.1 Å². The van der Waals surface area contributed by atoms with Gasteiger partial charge in [0.1, 0.15) is 10.6 Å². The summed E-state index contributed by atoms with van der Waals surface area (Å²) in [4.78, 5) is 24.8. The number of hydrogen-bond donors (Lipinski definition) is 1. The summed E-state index contributed by atoms with van der Waals surface area (Å²) >= 11 is 5.85. The average molecular weight is 313 g/mol. The Morgan fingerprint density at radius 3 is 2.95 bits per heavy atom. The first kappa shape index (κ1) is 15.7. The van der Waals surface area contributed by atoms with Crippen LogP contribution in [0.4, 0.5) is 5.69 Å². The standard InChI is InChI=1S/C14H17ClN2O4/c15-12-7-1-6-11(13(12)17(20)21)14(19)16-8-2-4-10(16)5-3-9-18/h1,6-7,10,18H,2-5,8-9H2. The predicted octanol–water partition coefficient (Wildman–Crippen LogP) is 2.63. The largest absolute Gasteiger partial charge is 0.396 e. The van der Waals surface area contributed by atoms with Gasteiger partial charge in [0.05, 0.1) is 4.92 Å². The van der Waals surface area contributed by atoms with E-state index in [1.54, 1.807) is 11.0 Å². The van der Waals surface area contributed by atoms with Crippen LogP contribution in [-0.2, 0) is 0 Å². The van der Waals surface area contributed by atoms with Crippen molar-refractivity contribution >= 4 is 23.2 Å². The lowest BCUT2D eigenvalue weighted by atomic mass is 10.1. The van der Waals surface area contributed by atoms with Crippen molar-refractivity contribution in [2.75, 3.05) is 13.2 Å². The molecule has 21 heavy (non-hydrogen) atoms. The molecule has 0 spiro atoms. The molecular formula is C14H17ClN2O4. The summed E-state index contributed by atoms with van der Waals surface area (Å²) in [6.07, 6.45) is 3.05. The third-order valence-corrected chi connectivity index (χ3v) is 4.04. The van der Waals surface area contributed by atoms with E-state index in [9.17, 15) is 14.9 Å². The second-order valence-corrected chi connectivity index (χ2v) is 5.46. The van der Waals surface area contributed by atoms with E-state index in [1.807, 2.05) is 0 Å². The van der Waals surface area contributed by atoms with E-state index in [2.05, 4.69) is 0 Å². The molecule has 114 valence electrons. The van der Waals surface area contributed by atoms with Crippen LogP contribution in [0.2, 0.25) is 5.02 Å². The van der Waals surface area contributed by atoms with Gasteiger partial charge in [-0.3, -0.25) is 14.9 Å². The van der Waals surface area contributed by atoms with Crippen LogP contribution >= 0.6 is 11.6 Å². The molecule has 2 rings (SSSR count). The number of carbonyl (C=O) groups is 1.